The number of hydrogen-bond acceptors (Lipinski definition) is 0. The van der Waals surface area contributed by atoms with Crippen LogP contribution < -0.4 is 0 Å². The average Bonchev–Trinajstić information content (AvgIpc) is 2.82. The van der Waals surface area contributed by atoms with Crippen LogP contribution in [-0.4, -0.2) is 0 Å². The Morgan fingerprint density at radius 2 is 1.89 bits per heavy atom. The van der Waals surface area contributed by atoms with E-state index in [-0.39, 0.29) is 0 Å². The molecule has 1 aliphatic carbocycles. The number of hydrogen-bond donors (Lipinski definition) is 0. The van der Waals surface area contributed by atoms with Crippen LogP contribution in [0, 0.1) is 0 Å². The lowest BCUT2D eigenvalue weighted by atomic mass is 9.96. The molecule has 1 aromatic carbocycles. The quantitative estimate of drug-likeness (QED) is 0.568. The van der Waals surface area contributed by atoms with Gasteiger partial charge >= 0.3 is 0 Å². The first-order valence-electron chi connectivity index (χ1n) is 7.25. The SMILES string of the molecule is CCCCCCc1ccc([C@@H]2CCC=C2Br)cc1. The minimum absolute atomic E-state index is 0.610. The Morgan fingerprint density at radius 3 is 2.50 bits per heavy atom. The van der Waals surface area contributed by atoms with Gasteiger partial charge in [0.2, 0.25) is 0 Å². The Labute approximate surface area is 120 Å². The van der Waals surface area contributed by atoms with Crippen molar-refractivity contribution in [3.63, 3.8) is 0 Å². The van der Waals surface area contributed by atoms with E-state index in [0.29, 0.717) is 5.92 Å². The molecule has 0 unspecified atom stereocenters. The second kappa shape index (κ2) is 7.13. The van der Waals surface area contributed by atoms with E-state index in [0.717, 1.165) is 0 Å². The molecule has 0 saturated heterocycles. The first-order chi connectivity index (χ1) is 8.81. The van der Waals surface area contributed by atoms with Gasteiger partial charge in [0.1, 0.15) is 0 Å². The zero-order chi connectivity index (χ0) is 12.8. The van der Waals surface area contributed by atoms with Crippen molar-refractivity contribution < 1.29 is 0 Å². The van der Waals surface area contributed by atoms with Gasteiger partial charge in [-0.3, -0.25) is 0 Å². The molecule has 0 radical (unpaired) electrons. The van der Waals surface area contributed by atoms with Gasteiger partial charge in [-0.05, 0) is 41.3 Å². The lowest BCUT2D eigenvalue weighted by molar-refractivity contribution is 0.666. The summed E-state index contributed by atoms with van der Waals surface area (Å²) in [4.78, 5) is 0. The van der Waals surface area contributed by atoms with Gasteiger partial charge in [-0.2, -0.15) is 0 Å². The van der Waals surface area contributed by atoms with Gasteiger partial charge in [0.25, 0.3) is 0 Å². The lowest BCUT2D eigenvalue weighted by Crippen LogP contribution is -1.94. The second-order valence-corrected chi connectivity index (χ2v) is 6.19. The Hall–Kier alpha value is -0.560. The van der Waals surface area contributed by atoms with E-state index in [1.54, 1.807) is 0 Å². The summed E-state index contributed by atoms with van der Waals surface area (Å²) in [6.45, 7) is 2.27. The molecule has 1 heteroatoms. The van der Waals surface area contributed by atoms with Gasteiger partial charge in [-0.25, -0.2) is 0 Å². The maximum atomic E-state index is 3.68. The number of allylic oxidation sites excluding steroid dienone is 2. The molecule has 0 heterocycles. The van der Waals surface area contributed by atoms with Crippen LogP contribution in [0.25, 0.3) is 0 Å². The Morgan fingerprint density at radius 1 is 1.11 bits per heavy atom. The van der Waals surface area contributed by atoms with Crippen molar-refractivity contribution in [2.24, 2.45) is 0 Å². The summed E-state index contributed by atoms with van der Waals surface area (Å²) in [7, 11) is 0. The maximum absolute atomic E-state index is 3.68. The number of aryl methyl sites for hydroxylation is 1. The number of halogens is 1. The molecule has 0 bridgehead atoms. The predicted molar refractivity (Wildman–Crippen MR) is 83.3 cm³/mol. The molecule has 0 saturated carbocycles. The average molecular weight is 307 g/mol. The monoisotopic (exact) mass is 306 g/mol. The number of benzene rings is 1. The van der Waals surface area contributed by atoms with Gasteiger partial charge in [-0.1, -0.05) is 72.5 Å². The summed E-state index contributed by atoms with van der Waals surface area (Å²) < 4.78 is 1.37. The van der Waals surface area contributed by atoms with Crippen LogP contribution in [0.4, 0.5) is 0 Å². The van der Waals surface area contributed by atoms with E-state index in [4.69, 9.17) is 0 Å². The van der Waals surface area contributed by atoms with E-state index < -0.39 is 0 Å². The third-order valence-corrected chi connectivity index (χ3v) is 4.71. The van der Waals surface area contributed by atoms with E-state index in [1.807, 2.05) is 0 Å². The third-order valence-electron chi connectivity index (χ3n) is 3.83. The standard InChI is InChI=1S/C17H23Br/c1-2-3-4-5-7-14-10-12-15(13-11-14)16-8-6-9-17(16)18/h9-13,16H,2-8H2,1H3/t16-/m0/s1. The van der Waals surface area contributed by atoms with Crippen LogP contribution in [-0.2, 0) is 6.42 Å². The van der Waals surface area contributed by atoms with E-state index in [2.05, 4.69) is 53.2 Å². The lowest BCUT2D eigenvalue weighted by Gasteiger charge is -2.12. The molecule has 0 nitrogen and oxygen atoms in total. The molecule has 0 aliphatic heterocycles. The molecule has 1 aliphatic rings. The highest BCUT2D eigenvalue weighted by Gasteiger charge is 2.18. The molecule has 98 valence electrons. The predicted octanol–water partition coefficient (Wildman–Crippen LogP) is 5.97. The molecule has 18 heavy (non-hydrogen) atoms. The van der Waals surface area contributed by atoms with Crippen molar-refractivity contribution in [1.29, 1.82) is 0 Å². The second-order valence-electron chi connectivity index (χ2n) is 5.27. The van der Waals surface area contributed by atoms with E-state index >= 15 is 0 Å². The Balaban J connectivity index is 1.87. The van der Waals surface area contributed by atoms with Gasteiger partial charge < -0.3 is 0 Å². The maximum Gasteiger partial charge on any atom is 0.0155 e. The molecular formula is C17H23Br. The topological polar surface area (TPSA) is 0 Å². The van der Waals surface area contributed by atoms with E-state index in [1.165, 1.54) is 60.6 Å². The molecule has 0 spiro atoms. The number of unbranched alkanes of at least 4 members (excludes halogenated alkanes) is 3. The fourth-order valence-corrected chi connectivity index (χ4v) is 3.39. The zero-order valence-electron chi connectivity index (χ0n) is 11.3. The summed E-state index contributed by atoms with van der Waals surface area (Å²) >= 11 is 3.68. The highest BCUT2D eigenvalue weighted by atomic mass is 79.9. The van der Waals surface area contributed by atoms with Gasteiger partial charge in [0, 0.05) is 5.92 Å². The van der Waals surface area contributed by atoms with Crippen LogP contribution in [0.2, 0.25) is 0 Å². The van der Waals surface area contributed by atoms with Gasteiger partial charge in [0.05, 0.1) is 0 Å². The number of rotatable bonds is 6. The van der Waals surface area contributed by atoms with E-state index in [9.17, 15) is 0 Å². The highest BCUT2D eigenvalue weighted by molar-refractivity contribution is 9.11. The third kappa shape index (κ3) is 3.71. The van der Waals surface area contributed by atoms with Crippen molar-refractivity contribution in [3.8, 4) is 0 Å². The van der Waals surface area contributed by atoms with Crippen molar-refractivity contribution in [2.45, 2.75) is 57.8 Å². The fourth-order valence-electron chi connectivity index (χ4n) is 2.67. The van der Waals surface area contributed by atoms with Crippen molar-refractivity contribution in [1.82, 2.24) is 0 Å². The molecule has 1 aromatic rings. The highest BCUT2D eigenvalue weighted by Crippen LogP contribution is 2.38. The summed E-state index contributed by atoms with van der Waals surface area (Å²) in [6.07, 6.45) is 11.4. The van der Waals surface area contributed by atoms with Crippen molar-refractivity contribution >= 4 is 15.9 Å². The minimum Gasteiger partial charge on any atom is -0.0737 e. The smallest absolute Gasteiger partial charge is 0.0155 e. The molecule has 0 N–H and O–H groups in total. The molecule has 0 fully saturated rings. The van der Waals surface area contributed by atoms with Gasteiger partial charge in [-0.15, -0.1) is 0 Å². The first-order valence-corrected chi connectivity index (χ1v) is 8.05. The van der Waals surface area contributed by atoms with Gasteiger partial charge in [0.15, 0.2) is 0 Å². The minimum atomic E-state index is 0.610. The summed E-state index contributed by atoms with van der Waals surface area (Å²) in [5.41, 5.74) is 2.96. The fraction of sp³-hybridized carbons (Fsp3) is 0.529. The van der Waals surface area contributed by atoms with Crippen LogP contribution in [0.15, 0.2) is 34.8 Å². The first kappa shape index (κ1) is 13.9. The molecular weight excluding hydrogens is 284 g/mol. The Bertz CT molecular complexity index is 389. The largest absolute Gasteiger partial charge is 0.0737 e. The van der Waals surface area contributed by atoms with Crippen LogP contribution >= 0.6 is 15.9 Å². The summed E-state index contributed by atoms with van der Waals surface area (Å²) in [5.74, 6) is 0.610. The summed E-state index contributed by atoms with van der Waals surface area (Å²) in [6, 6.07) is 9.28. The summed E-state index contributed by atoms with van der Waals surface area (Å²) in [5, 5.41) is 0. The van der Waals surface area contributed by atoms with Crippen molar-refractivity contribution in [2.75, 3.05) is 0 Å². The van der Waals surface area contributed by atoms with Crippen LogP contribution in [0.1, 0.15) is 62.5 Å². The zero-order valence-corrected chi connectivity index (χ0v) is 12.9. The Kier molecular flexibility index (Phi) is 5.49. The van der Waals surface area contributed by atoms with Crippen LogP contribution in [0.3, 0.4) is 0 Å². The molecule has 1 atom stereocenters. The molecule has 0 aromatic heterocycles. The molecule has 0 amide bonds. The normalized spacial score (nSPS) is 19.0. The van der Waals surface area contributed by atoms with Crippen molar-refractivity contribution in [3.05, 3.63) is 46.0 Å². The van der Waals surface area contributed by atoms with Crippen LogP contribution in [0.5, 0.6) is 0 Å². The molecule has 2 rings (SSSR count).